The van der Waals surface area contributed by atoms with E-state index in [0.29, 0.717) is 67.9 Å². The lowest BCUT2D eigenvalue weighted by atomic mass is 9.39. The average Bonchev–Trinajstić information content (AvgIpc) is 0.913. The molecular formula is C85H96N4O10. The summed E-state index contributed by atoms with van der Waals surface area (Å²) in [5, 5.41) is 82.8. The van der Waals surface area contributed by atoms with Crippen LogP contribution in [0.2, 0.25) is 0 Å². The first-order chi connectivity index (χ1) is 48.4. The molecule has 16 atom stereocenters. The predicted octanol–water partition coefficient (Wildman–Crippen LogP) is 12.5. The molecule has 2 saturated carbocycles. The number of hydrogen-bond donors (Lipinski definition) is 9. The minimum atomic E-state index is -0.828. The van der Waals surface area contributed by atoms with E-state index >= 15 is 0 Å². The molecule has 8 aliphatic heterocycles. The second kappa shape index (κ2) is 25.7. The summed E-state index contributed by atoms with van der Waals surface area (Å²) in [6.45, 7) is 4.80. The van der Waals surface area contributed by atoms with Crippen LogP contribution in [0.4, 0.5) is 0 Å². The van der Waals surface area contributed by atoms with Crippen molar-refractivity contribution in [3.63, 3.8) is 0 Å². The molecule has 20 rings (SSSR count). The fourth-order valence-corrected chi connectivity index (χ4v) is 21.8. The number of aromatic nitrogens is 1. The third-order valence-electron chi connectivity index (χ3n) is 26.2. The number of ether oxygens (including phenoxy) is 4. The maximum absolute atomic E-state index is 13.0. The lowest BCUT2D eigenvalue weighted by molar-refractivity contribution is -0.247. The topological polar surface area (TPSA) is 199 Å². The van der Waals surface area contributed by atoms with Crippen LogP contribution in [0.25, 0.3) is 22.7 Å². The Balaban J connectivity index is 0.859. The Morgan fingerprint density at radius 3 is 2.61 bits per heavy atom. The zero-order chi connectivity index (χ0) is 66.8. The summed E-state index contributed by atoms with van der Waals surface area (Å²) < 4.78 is 31.9. The molecule has 1 spiro atoms. The van der Waals surface area contributed by atoms with Gasteiger partial charge in [-0.3, -0.25) is 5.32 Å². The molecule has 5 aromatic carbocycles. The Bertz CT molecular complexity index is 4380. The van der Waals surface area contributed by atoms with Crippen molar-refractivity contribution in [3.8, 4) is 34.8 Å². The number of phenolic OH excluding ortho intramolecular Hbond substituents is 3. The van der Waals surface area contributed by atoms with Gasteiger partial charge in [0.15, 0.2) is 11.5 Å². The second-order valence-electron chi connectivity index (χ2n) is 31.8. The molecule has 9 heterocycles. The van der Waals surface area contributed by atoms with E-state index in [1.54, 1.807) is 29.8 Å². The first-order valence-corrected chi connectivity index (χ1v) is 37.7. The summed E-state index contributed by atoms with van der Waals surface area (Å²) in [5.41, 5.74) is 15.7. The van der Waals surface area contributed by atoms with Gasteiger partial charge in [-0.25, -0.2) is 0 Å². The third kappa shape index (κ3) is 10.9. The van der Waals surface area contributed by atoms with Gasteiger partial charge in [0, 0.05) is 107 Å². The van der Waals surface area contributed by atoms with E-state index in [9.17, 15) is 30.6 Å². The SMILES string of the molecule is CCCNCC1=C[C@H]2CC[C@@H](CCc3ccc(O)c(Cc4cccc(O)c4)c3)C#CC3=C4C[C@@H]5C[C@H](CO)CO[C@H]5NC4NC4=C3[C@@H]1O[C@@H]2C[C@H](O)[C@@H]1C=Cc2c(c(CO)cc(O)c2OCc2cc([C@]35c6c7cccc6C[C@@H]6CC[C@@H]8CCCC[C@]8(OC[C@@H]3CC7)[C@@H]65)cc3cn4cc23)C1. The van der Waals surface area contributed by atoms with E-state index < -0.39 is 18.3 Å². The lowest BCUT2D eigenvalue weighted by Gasteiger charge is -2.69. The number of aryl methyl sites for hydroxylation is 2. The number of hydrogen-bond acceptors (Lipinski definition) is 13. The number of nitrogens with one attached hydrogen (secondary N) is 3. The number of dihydropyridines is 1. The minimum Gasteiger partial charge on any atom is -0.508 e. The quantitative estimate of drug-likeness (QED) is 0.0319. The molecule has 1 aromatic heterocycles. The number of benzene rings is 5. The highest BCUT2D eigenvalue weighted by molar-refractivity contribution is 5.89. The van der Waals surface area contributed by atoms with E-state index in [4.69, 9.17) is 18.9 Å². The minimum absolute atomic E-state index is 0.0184. The Morgan fingerprint density at radius 2 is 1.72 bits per heavy atom. The smallest absolute Gasteiger partial charge is 0.168 e. The summed E-state index contributed by atoms with van der Waals surface area (Å²) in [6.07, 6.45) is 26.0. The molecule has 99 heavy (non-hydrogen) atoms. The normalized spacial score (nSPS) is 33.0. The first kappa shape index (κ1) is 64.0. The number of aliphatic hydroxyl groups excluding tert-OH is 3. The molecule has 0 amide bonds. The van der Waals surface area contributed by atoms with Crippen LogP contribution in [0.5, 0.6) is 23.0 Å². The van der Waals surface area contributed by atoms with Gasteiger partial charge in [-0.05, 0) is 218 Å². The van der Waals surface area contributed by atoms with Gasteiger partial charge in [0.25, 0.3) is 0 Å². The van der Waals surface area contributed by atoms with Crippen LogP contribution in [0.15, 0.2) is 126 Å². The number of piperidine rings is 1. The number of aromatic hydroxyl groups is 3. The lowest BCUT2D eigenvalue weighted by Crippen LogP contribution is -2.70. The highest BCUT2D eigenvalue weighted by Gasteiger charge is 2.69. The van der Waals surface area contributed by atoms with E-state index in [0.717, 1.165) is 150 Å². The van der Waals surface area contributed by atoms with Crippen LogP contribution in [-0.2, 0) is 64.9 Å². The largest absolute Gasteiger partial charge is 0.508 e. The van der Waals surface area contributed by atoms with Crippen LogP contribution in [0.1, 0.15) is 158 Å². The fourth-order valence-electron chi connectivity index (χ4n) is 21.8. The van der Waals surface area contributed by atoms with Crippen molar-refractivity contribution < 1.29 is 49.6 Å². The number of aliphatic hydroxyl groups is 3. The molecular weight excluding hydrogens is 1240 g/mol. The molecule has 14 aliphatic rings. The van der Waals surface area contributed by atoms with E-state index in [-0.39, 0.29) is 96.0 Å². The Hall–Kier alpha value is -7.16. The van der Waals surface area contributed by atoms with Crippen LogP contribution in [-0.4, -0.2) is 104 Å². The average molecular weight is 1330 g/mol. The molecule has 14 heteroatoms. The molecule has 9 N–H and O–H groups in total. The first-order valence-electron chi connectivity index (χ1n) is 37.7. The highest BCUT2D eigenvalue weighted by Crippen LogP contribution is 2.69. The van der Waals surface area contributed by atoms with Crippen molar-refractivity contribution in [3.05, 3.63) is 187 Å². The van der Waals surface area contributed by atoms with Crippen molar-refractivity contribution in [2.75, 3.05) is 32.9 Å². The van der Waals surface area contributed by atoms with E-state index in [1.807, 2.05) is 24.3 Å². The summed E-state index contributed by atoms with van der Waals surface area (Å²) in [5.74, 6) is 11.0. The second-order valence-corrected chi connectivity index (χ2v) is 31.8. The summed E-state index contributed by atoms with van der Waals surface area (Å²) >= 11 is 0. The van der Waals surface area contributed by atoms with Gasteiger partial charge >= 0.3 is 0 Å². The Morgan fingerprint density at radius 1 is 0.808 bits per heavy atom. The molecule has 1 unspecified atom stereocenters. The monoisotopic (exact) mass is 1330 g/mol. The number of phenols is 3. The fraction of sp³-hybridized carbons (Fsp3) is 0.506. The number of rotatable bonds is 12. The van der Waals surface area contributed by atoms with Gasteiger partial charge < -0.3 is 64.8 Å². The summed E-state index contributed by atoms with van der Waals surface area (Å²) in [6, 6.07) is 27.2. The molecule has 5 fully saturated rings. The van der Waals surface area contributed by atoms with Crippen LogP contribution < -0.4 is 20.7 Å². The Kier molecular flexibility index (Phi) is 16.6. The standard InChI is InChI=1S/C85H96N4O10/c1-2-27-86-40-59-32-54-17-14-48(12-13-49-16-25-72(93)57(28-49)29-50-7-5-11-66(92)31-50)15-23-67-70-37-58-30-51(43-90)45-97-83(58)88-81(70)87-82-76(67)78(59)99-75(54)39-73(94)53-20-24-68-69(36-53)61(44-91)38-74(95)79(68)96-46-62-35-65(34-60-41-89(82)42-71(60)62)85-64-22-18-52-8-6-9-55(77(52)85)33-56-19-21-63-10-3-4-26-84(63,80(56)85)98-47-64/h5-9,11,16,20,24-25,28,31-32,34-35,38,41-42,48,51,53-54,56,58,63-64,73,75,78,80-81,83,86-88,90-95H,2-4,10,12-14,17-19,21-22,26-27,29-30,33,36-37,39-40,43-47H2,1H3/t48-,51-,53-,54-,56+,58+,63+,64+,73+,75-,78-,80-,81?,83-,84-,85+/m1/s1. The van der Waals surface area contributed by atoms with E-state index in [2.05, 4.69) is 100 Å². The molecule has 10 bridgehead atoms. The van der Waals surface area contributed by atoms with Crippen LogP contribution >= 0.6 is 0 Å². The molecule has 6 aliphatic carbocycles. The zero-order valence-corrected chi connectivity index (χ0v) is 57.1. The maximum atomic E-state index is 13.0. The summed E-state index contributed by atoms with van der Waals surface area (Å²) in [4.78, 5) is 0. The number of nitrogens with zero attached hydrogens (tertiary/aromatic N) is 1. The Labute approximate surface area is 581 Å². The van der Waals surface area contributed by atoms with Gasteiger partial charge in [-0.1, -0.05) is 98.4 Å². The molecule has 3 saturated heterocycles. The molecule has 0 radical (unpaired) electrons. The van der Waals surface area contributed by atoms with Crippen molar-refractivity contribution in [2.45, 2.75) is 184 Å². The van der Waals surface area contributed by atoms with Gasteiger partial charge in [-0.2, -0.15) is 0 Å². The van der Waals surface area contributed by atoms with Crippen molar-refractivity contribution >= 4 is 22.7 Å². The van der Waals surface area contributed by atoms with Gasteiger partial charge in [0.05, 0.1) is 37.6 Å². The van der Waals surface area contributed by atoms with Crippen LogP contribution in [0.3, 0.4) is 0 Å². The van der Waals surface area contributed by atoms with Crippen LogP contribution in [0, 0.1) is 65.1 Å². The number of fused-ring (bicyclic) bond motifs is 7. The van der Waals surface area contributed by atoms with Crippen molar-refractivity contribution in [2.24, 2.45) is 53.3 Å². The third-order valence-corrected chi connectivity index (χ3v) is 26.2. The molecule has 6 aromatic rings. The van der Waals surface area contributed by atoms with Crippen molar-refractivity contribution in [1.29, 1.82) is 0 Å². The molecule has 14 nitrogen and oxygen atoms in total. The van der Waals surface area contributed by atoms with Crippen molar-refractivity contribution in [1.82, 2.24) is 20.5 Å². The summed E-state index contributed by atoms with van der Waals surface area (Å²) in [7, 11) is 0. The molecule has 516 valence electrons. The van der Waals surface area contributed by atoms with Gasteiger partial charge in [-0.15, -0.1) is 0 Å². The van der Waals surface area contributed by atoms with E-state index in [1.165, 1.54) is 48.8 Å². The van der Waals surface area contributed by atoms with Gasteiger partial charge in [0.2, 0.25) is 0 Å². The maximum Gasteiger partial charge on any atom is 0.168 e. The zero-order valence-electron chi connectivity index (χ0n) is 57.1. The predicted molar refractivity (Wildman–Crippen MR) is 381 cm³/mol. The van der Waals surface area contributed by atoms with Gasteiger partial charge in [0.1, 0.15) is 42.4 Å². The highest BCUT2D eigenvalue weighted by atomic mass is 16.5.